The fraction of sp³-hybridized carbons (Fsp3) is 1.00. The molecule has 0 aliphatic rings. The monoisotopic (exact) mass is 502 g/mol. The van der Waals surface area contributed by atoms with Gasteiger partial charge in [0.15, 0.2) is 0 Å². The first-order chi connectivity index (χ1) is 16.8. The Kier molecular flexibility index (Phi) is 31.6. The van der Waals surface area contributed by atoms with Crippen molar-refractivity contribution in [3.05, 3.63) is 0 Å². The Bertz CT molecular complexity index is 326. The van der Waals surface area contributed by atoms with E-state index in [1.165, 1.54) is 128 Å². The van der Waals surface area contributed by atoms with Gasteiger partial charge in [-0.3, -0.25) is 0 Å². The molecule has 0 N–H and O–H groups in total. The normalized spacial score (nSPS) is 11.6. The fourth-order valence-electron chi connectivity index (χ4n) is 4.21. The van der Waals surface area contributed by atoms with E-state index >= 15 is 0 Å². The maximum Gasteiger partial charge on any atom is 0.332 e. The van der Waals surface area contributed by atoms with Crippen LogP contribution in [0.15, 0.2) is 0 Å². The second-order valence-electron chi connectivity index (χ2n) is 10.1. The quantitative estimate of drug-likeness (QED) is 0.0722. The van der Waals surface area contributed by atoms with Crippen molar-refractivity contribution in [1.82, 2.24) is 0 Å². The molecule has 206 valence electrons. The van der Waals surface area contributed by atoms with E-state index in [-0.39, 0.29) is 0 Å². The van der Waals surface area contributed by atoms with Gasteiger partial charge in [-0.15, -0.1) is 0 Å². The predicted octanol–water partition coefficient (Wildman–Crippen LogP) is 11.7. The van der Waals surface area contributed by atoms with Gasteiger partial charge in [0.1, 0.15) is 0 Å². The van der Waals surface area contributed by atoms with Crippen LogP contribution in [0.25, 0.3) is 0 Å². The SMILES string of the molecule is CCCCCCCCCCCCCOP(OCCCC)OCCCCCCCCCCCCC. The van der Waals surface area contributed by atoms with Gasteiger partial charge in [-0.25, -0.2) is 0 Å². The highest BCUT2D eigenvalue weighted by Crippen LogP contribution is 2.40. The van der Waals surface area contributed by atoms with Gasteiger partial charge >= 0.3 is 8.60 Å². The van der Waals surface area contributed by atoms with Gasteiger partial charge < -0.3 is 13.6 Å². The van der Waals surface area contributed by atoms with Crippen molar-refractivity contribution in [2.75, 3.05) is 19.8 Å². The number of hydrogen-bond acceptors (Lipinski definition) is 3. The predicted molar refractivity (Wildman–Crippen MR) is 153 cm³/mol. The average Bonchev–Trinajstić information content (AvgIpc) is 2.85. The molecule has 34 heavy (non-hydrogen) atoms. The van der Waals surface area contributed by atoms with Crippen LogP contribution in [-0.2, 0) is 13.6 Å². The standard InChI is InChI=1S/C30H63O3P/c1-4-7-10-12-14-16-18-20-22-24-26-29-32-34(31-28-9-6-3)33-30-27-25-23-21-19-17-15-13-11-8-5-2/h4-30H2,1-3H3. The zero-order valence-electron chi connectivity index (χ0n) is 23.8. The van der Waals surface area contributed by atoms with Crippen LogP contribution in [-0.4, -0.2) is 19.8 Å². The van der Waals surface area contributed by atoms with Gasteiger partial charge in [-0.1, -0.05) is 156 Å². The van der Waals surface area contributed by atoms with E-state index in [0.29, 0.717) is 0 Å². The molecule has 0 unspecified atom stereocenters. The van der Waals surface area contributed by atoms with Crippen LogP contribution >= 0.6 is 8.60 Å². The molecule has 4 heteroatoms. The topological polar surface area (TPSA) is 27.7 Å². The fourth-order valence-corrected chi connectivity index (χ4v) is 5.26. The van der Waals surface area contributed by atoms with Crippen LogP contribution in [0, 0.1) is 0 Å². The molecule has 0 spiro atoms. The summed E-state index contributed by atoms with van der Waals surface area (Å²) in [6, 6.07) is 0. The third-order valence-electron chi connectivity index (χ3n) is 6.58. The zero-order chi connectivity index (χ0) is 24.8. The van der Waals surface area contributed by atoms with E-state index in [1.807, 2.05) is 0 Å². The maximum atomic E-state index is 5.99. The van der Waals surface area contributed by atoms with Crippen LogP contribution in [0.3, 0.4) is 0 Å². The van der Waals surface area contributed by atoms with Crippen molar-refractivity contribution in [2.45, 2.75) is 175 Å². The van der Waals surface area contributed by atoms with Crippen molar-refractivity contribution in [3.63, 3.8) is 0 Å². The lowest BCUT2D eigenvalue weighted by molar-refractivity contribution is 0.154. The van der Waals surface area contributed by atoms with Crippen LogP contribution < -0.4 is 0 Å². The zero-order valence-corrected chi connectivity index (χ0v) is 24.7. The van der Waals surface area contributed by atoms with E-state index in [0.717, 1.165) is 45.5 Å². The summed E-state index contributed by atoms with van der Waals surface area (Å²) in [5.74, 6) is 0. The molecule has 0 aliphatic carbocycles. The second kappa shape index (κ2) is 31.3. The average molecular weight is 503 g/mol. The summed E-state index contributed by atoms with van der Waals surface area (Å²) >= 11 is 0. The number of rotatable bonds is 30. The molecule has 0 heterocycles. The third kappa shape index (κ3) is 28.5. The summed E-state index contributed by atoms with van der Waals surface area (Å²) < 4.78 is 17.9. The van der Waals surface area contributed by atoms with Crippen molar-refractivity contribution < 1.29 is 13.6 Å². The first-order valence-corrected chi connectivity index (χ1v) is 16.6. The third-order valence-corrected chi connectivity index (χ3v) is 7.76. The molecule has 0 aliphatic heterocycles. The van der Waals surface area contributed by atoms with Crippen LogP contribution in [0.1, 0.15) is 175 Å². The van der Waals surface area contributed by atoms with Crippen molar-refractivity contribution >= 4 is 8.60 Å². The minimum absolute atomic E-state index is 0.763. The van der Waals surface area contributed by atoms with Gasteiger partial charge in [0.25, 0.3) is 0 Å². The molecule has 0 radical (unpaired) electrons. The van der Waals surface area contributed by atoms with Gasteiger partial charge in [0.2, 0.25) is 0 Å². The van der Waals surface area contributed by atoms with Crippen molar-refractivity contribution in [1.29, 1.82) is 0 Å². The highest BCUT2D eigenvalue weighted by Gasteiger charge is 2.12. The van der Waals surface area contributed by atoms with Crippen LogP contribution in [0.5, 0.6) is 0 Å². The largest absolute Gasteiger partial charge is 0.332 e. The summed E-state index contributed by atoms with van der Waals surface area (Å²) in [6.45, 7) is 9.11. The summed E-state index contributed by atoms with van der Waals surface area (Å²) in [4.78, 5) is 0. The Morgan fingerprint density at radius 3 is 0.824 bits per heavy atom. The molecule has 0 aromatic rings. The van der Waals surface area contributed by atoms with E-state index < -0.39 is 8.60 Å². The van der Waals surface area contributed by atoms with Crippen LogP contribution in [0.2, 0.25) is 0 Å². The molecule has 0 atom stereocenters. The second-order valence-corrected chi connectivity index (χ2v) is 11.4. The summed E-state index contributed by atoms with van der Waals surface area (Å²) in [7, 11) is -1.15. The summed E-state index contributed by atoms with van der Waals surface area (Å²) in [6.07, 6.45) is 32.2. The Morgan fingerprint density at radius 1 is 0.294 bits per heavy atom. The Balaban J connectivity index is 3.58. The van der Waals surface area contributed by atoms with E-state index in [9.17, 15) is 0 Å². The van der Waals surface area contributed by atoms with Gasteiger partial charge in [-0.05, 0) is 19.3 Å². The maximum absolute atomic E-state index is 5.99. The Labute approximate surface area is 216 Å². The summed E-state index contributed by atoms with van der Waals surface area (Å²) in [5.41, 5.74) is 0. The summed E-state index contributed by atoms with van der Waals surface area (Å²) in [5, 5.41) is 0. The smallest absolute Gasteiger partial charge is 0.312 e. The van der Waals surface area contributed by atoms with E-state index in [1.54, 1.807) is 0 Å². The molecule has 0 rings (SSSR count). The van der Waals surface area contributed by atoms with E-state index in [2.05, 4.69) is 20.8 Å². The molecule has 3 nitrogen and oxygen atoms in total. The molecular formula is C30H63O3P. The Hall–Kier alpha value is 0.310. The van der Waals surface area contributed by atoms with E-state index in [4.69, 9.17) is 13.6 Å². The number of unbranched alkanes of at least 4 members (excludes halogenated alkanes) is 21. The molecule has 0 aromatic carbocycles. The van der Waals surface area contributed by atoms with Gasteiger partial charge in [0, 0.05) is 0 Å². The lowest BCUT2D eigenvalue weighted by atomic mass is 10.1. The van der Waals surface area contributed by atoms with Crippen LogP contribution in [0.4, 0.5) is 0 Å². The highest BCUT2D eigenvalue weighted by molar-refractivity contribution is 7.41. The molecule has 0 amide bonds. The lowest BCUT2D eigenvalue weighted by Crippen LogP contribution is -2.00. The number of hydrogen-bond donors (Lipinski definition) is 0. The van der Waals surface area contributed by atoms with Crippen molar-refractivity contribution in [2.24, 2.45) is 0 Å². The molecule has 0 bridgehead atoms. The molecule has 0 saturated heterocycles. The molecule has 0 aromatic heterocycles. The van der Waals surface area contributed by atoms with Gasteiger partial charge in [0.05, 0.1) is 19.8 Å². The Morgan fingerprint density at radius 2 is 0.529 bits per heavy atom. The lowest BCUT2D eigenvalue weighted by Gasteiger charge is -2.16. The molecule has 0 saturated carbocycles. The molecular weight excluding hydrogens is 439 g/mol. The minimum Gasteiger partial charge on any atom is -0.312 e. The highest BCUT2D eigenvalue weighted by atomic mass is 31.2. The minimum atomic E-state index is -1.15. The van der Waals surface area contributed by atoms with Crippen molar-refractivity contribution in [3.8, 4) is 0 Å². The first-order valence-electron chi connectivity index (χ1n) is 15.5. The molecule has 0 fully saturated rings. The first kappa shape index (κ1) is 34.3. The van der Waals surface area contributed by atoms with Gasteiger partial charge in [-0.2, -0.15) is 0 Å².